The Hall–Kier alpha value is -1.32. The highest BCUT2D eigenvalue weighted by Crippen LogP contribution is 2.37. The van der Waals surface area contributed by atoms with E-state index in [0.717, 1.165) is 32.1 Å². The highest BCUT2D eigenvalue weighted by molar-refractivity contribution is 6.00. The second-order valence-electron chi connectivity index (χ2n) is 7.43. The van der Waals surface area contributed by atoms with Gasteiger partial charge in [0.05, 0.1) is 0 Å². The number of nitrogens with one attached hydrogen (secondary N) is 1. The Kier molecular flexibility index (Phi) is 4.45. The Balaban J connectivity index is 2.35. The van der Waals surface area contributed by atoms with Gasteiger partial charge in [-0.05, 0) is 25.2 Å². The molecule has 4 heteroatoms. The van der Waals surface area contributed by atoms with Gasteiger partial charge in [0.25, 0.3) is 0 Å². The zero-order valence-corrected chi connectivity index (χ0v) is 13.7. The molecule has 2 amide bonds. The normalized spacial score (nSPS) is 26.5. The molecule has 2 rings (SSSR count). The average Bonchev–Trinajstić information content (AvgIpc) is 2.40. The predicted octanol–water partition coefficient (Wildman–Crippen LogP) is 2.64. The first-order valence-electron chi connectivity index (χ1n) is 8.06. The minimum Gasteiger partial charge on any atom is -0.340 e. The van der Waals surface area contributed by atoms with Crippen LogP contribution in [0, 0.1) is 5.41 Å². The van der Waals surface area contributed by atoms with Crippen molar-refractivity contribution in [3.05, 3.63) is 12.2 Å². The number of hydrogen-bond donors (Lipinski definition) is 1. The Labute approximate surface area is 128 Å². The van der Waals surface area contributed by atoms with E-state index in [4.69, 9.17) is 0 Å². The molecule has 1 saturated carbocycles. The highest BCUT2D eigenvalue weighted by Gasteiger charge is 2.53. The molecule has 0 aromatic rings. The van der Waals surface area contributed by atoms with E-state index in [1.54, 1.807) is 4.90 Å². The lowest BCUT2D eigenvalue weighted by Gasteiger charge is -2.50. The molecule has 21 heavy (non-hydrogen) atoms. The molecule has 1 aliphatic heterocycles. The van der Waals surface area contributed by atoms with Crippen LogP contribution in [-0.2, 0) is 9.59 Å². The highest BCUT2D eigenvalue weighted by atomic mass is 16.2. The van der Waals surface area contributed by atoms with Crippen LogP contribution in [0.25, 0.3) is 0 Å². The van der Waals surface area contributed by atoms with Crippen LogP contribution in [0.1, 0.15) is 59.8 Å². The van der Waals surface area contributed by atoms with Gasteiger partial charge in [-0.3, -0.25) is 9.59 Å². The second-order valence-corrected chi connectivity index (χ2v) is 7.43. The van der Waals surface area contributed by atoms with Crippen LogP contribution >= 0.6 is 0 Å². The van der Waals surface area contributed by atoms with Gasteiger partial charge in [-0.2, -0.15) is 0 Å². The van der Waals surface area contributed by atoms with Crippen molar-refractivity contribution in [1.82, 2.24) is 10.2 Å². The maximum absolute atomic E-state index is 13.1. The Morgan fingerprint density at radius 3 is 2.38 bits per heavy atom. The minimum absolute atomic E-state index is 0.00787. The van der Waals surface area contributed by atoms with Crippen LogP contribution in [0.2, 0.25) is 0 Å². The summed E-state index contributed by atoms with van der Waals surface area (Å²) in [5.41, 5.74) is -0.906. The van der Waals surface area contributed by atoms with Crippen LogP contribution in [0.4, 0.5) is 0 Å². The number of nitrogens with zero attached hydrogens (tertiary/aromatic N) is 1. The third kappa shape index (κ3) is 2.99. The van der Waals surface area contributed by atoms with Gasteiger partial charge in [-0.1, -0.05) is 52.2 Å². The maximum Gasteiger partial charge on any atom is 0.249 e. The van der Waals surface area contributed by atoms with Gasteiger partial charge < -0.3 is 10.2 Å². The van der Waals surface area contributed by atoms with Crippen molar-refractivity contribution in [1.29, 1.82) is 0 Å². The Morgan fingerprint density at radius 2 is 1.86 bits per heavy atom. The molecular weight excluding hydrogens is 264 g/mol. The van der Waals surface area contributed by atoms with Gasteiger partial charge in [-0.25, -0.2) is 0 Å². The van der Waals surface area contributed by atoms with Crippen molar-refractivity contribution in [3.8, 4) is 0 Å². The molecule has 118 valence electrons. The lowest BCUT2D eigenvalue weighted by Crippen LogP contribution is -2.73. The first-order valence-corrected chi connectivity index (χ1v) is 8.06. The zero-order valence-electron chi connectivity index (χ0n) is 13.7. The van der Waals surface area contributed by atoms with Gasteiger partial charge >= 0.3 is 0 Å². The summed E-state index contributed by atoms with van der Waals surface area (Å²) < 4.78 is 0. The summed E-state index contributed by atoms with van der Waals surface area (Å²) in [4.78, 5) is 27.6. The van der Waals surface area contributed by atoms with Crippen LogP contribution in [0.3, 0.4) is 0 Å². The van der Waals surface area contributed by atoms with E-state index in [1.165, 1.54) is 0 Å². The van der Waals surface area contributed by atoms with Crippen molar-refractivity contribution in [2.75, 3.05) is 6.54 Å². The number of carbonyl (C=O) groups excluding carboxylic acids is 2. The maximum atomic E-state index is 13.1. The fourth-order valence-electron chi connectivity index (χ4n) is 3.65. The van der Waals surface area contributed by atoms with Crippen molar-refractivity contribution in [2.24, 2.45) is 5.41 Å². The van der Waals surface area contributed by atoms with Gasteiger partial charge in [-0.15, -0.1) is 0 Å². The summed E-state index contributed by atoms with van der Waals surface area (Å²) in [7, 11) is 0. The molecule has 1 aliphatic carbocycles. The number of allylic oxidation sites excluding steroid dienone is 1. The monoisotopic (exact) mass is 292 g/mol. The first kappa shape index (κ1) is 16.1. The van der Waals surface area contributed by atoms with Crippen LogP contribution < -0.4 is 5.32 Å². The molecule has 0 aromatic heterocycles. The molecule has 4 nitrogen and oxygen atoms in total. The second kappa shape index (κ2) is 5.82. The summed E-state index contributed by atoms with van der Waals surface area (Å²) in [6, 6.07) is -0.395. The molecule has 0 aromatic carbocycles. The summed E-state index contributed by atoms with van der Waals surface area (Å²) in [5, 5.41) is 3.09. The van der Waals surface area contributed by atoms with Crippen molar-refractivity contribution < 1.29 is 9.59 Å². The molecule has 0 bridgehead atoms. The fourth-order valence-corrected chi connectivity index (χ4v) is 3.65. The SMILES string of the molecule is C/C=C/CN1C(=O)C2(CCCCC2)NC(=O)C1C(C)(C)C. The van der Waals surface area contributed by atoms with Crippen molar-refractivity contribution >= 4 is 11.8 Å². The zero-order chi connectivity index (χ0) is 15.7. The van der Waals surface area contributed by atoms with Crippen molar-refractivity contribution in [3.63, 3.8) is 0 Å². The van der Waals surface area contributed by atoms with Crippen LogP contribution in [-0.4, -0.2) is 34.8 Å². The molecule has 1 atom stereocenters. The van der Waals surface area contributed by atoms with E-state index < -0.39 is 11.6 Å². The molecule has 1 saturated heterocycles. The van der Waals surface area contributed by atoms with E-state index in [9.17, 15) is 9.59 Å². The largest absolute Gasteiger partial charge is 0.340 e. The molecule has 1 N–H and O–H groups in total. The topological polar surface area (TPSA) is 49.4 Å². The molecule has 1 heterocycles. The molecule has 1 spiro atoms. The molecule has 2 aliphatic rings. The number of carbonyl (C=O) groups is 2. The number of amides is 2. The molecule has 1 unspecified atom stereocenters. The lowest BCUT2D eigenvalue weighted by atomic mass is 9.75. The Morgan fingerprint density at radius 1 is 1.24 bits per heavy atom. The Bertz CT molecular complexity index is 442. The summed E-state index contributed by atoms with van der Waals surface area (Å²) in [6.45, 7) is 8.52. The van der Waals surface area contributed by atoms with E-state index in [0.29, 0.717) is 6.54 Å². The summed E-state index contributed by atoms with van der Waals surface area (Å²) >= 11 is 0. The van der Waals surface area contributed by atoms with Crippen LogP contribution in [0.5, 0.6) is 0 Å². The predicted molar refractivity (Wildman–Crippen MR) is 83.7 cm³/mol. The van der Waals surface area contributed by atoms with E-state index in [2.05, 4.69) is 5.32 Å². The quantitative estimate of drug-likeness (QED) is 0.795. The van der Waals surface area contributed by atoms with Crippen molar-refractivity contribution in [2.45, 2.75) is 71.4 Å². The van der Waals surface area contributed by atoms with Gasteiger partial charge in [0.15, 0.2) is 0 Å². The van der Waals surface area contributed by atoms with Gasteiger partial charge in [0, 0.05) is 6.54 Å². The van der Waals surface area contributed by atoms with Crippen LogP contribution in [0.15, 0.2) is 12.2 Å². The molecule has 2 fully saturated rings. The molecular formula is C17H28N2O2. The fraction of sp³-hybridized carbons (Fsp3) is 0.765. The first-order chi connectivity index (χ1) is 9.82. The standard InChI is InChI=1S/C17H28N2O2/c1-5-6-12-19-13(16(2,3)4)14(20)18-17(15(19)21)10-8-7-9-11-17/h5-6,13H,7-12H2,1-4H3,(H,18,20)/b6-5+. The third-order valence-corrected chi connectivity index (χ3v) is 4.66. The molecule has 0 radical (unpaired) electrons. The number of piperazine rings is 1. The summed E-state index contributed by atoms with van der Waals surface area (Å²) in [5.74, 6) is 0.119. The van der Waals surface area contributed by atoms with Gasteiger partial charge in [0.1, 0.15) is 11.6 Å². The van der Waals surface area contributed by atoms with E-state index in [1.807, 2.05) is 39.8 Å². The van der Waals surface area contributed by atoms with E-state index in [-0.39, 0.29) is 17.2 Å². The average molecular weight is 292 g/mol. The number of rotatable bonds is 2. The van der Waals surface area contributed by atoms with E-state index >= 15 is 0 Å². The summed E-state index contributed by atoms with van der Waals surface area (Å²) in [6.07, 6.45) is 8.65. The lowest BCUT2D eigenvalue weighted by molar-refractivity contribution is -0.160. The van der Waals surface area contributed by atoms with Gasteiger partial charge in [0.2, 0.25) is 11.8 Å². The minimum atomic E-state index is -0.640. The smallest absolute Gasteiger partial charge is 0.249 e. The number of hydrogen-bond acceptors (Lipinski definition) is 2. The third-order valence-electron chi connectivity index (χ3n) is 4.66.